The fourth-order valence-electron chi connectivity index (χ4n) is 17.2. The number of nitrogens with zero attached hydrogens (tertiary/aromatic N) is 2. The third-order valence-corrected chi connectivity index (χ3v) is 30.1. The largest absolute Gasteiger partial charge is 0.455 e. The summed E-state index contributed by atoms with van der Waals surface area (Å²) in [6.45, 7) is 7.59. The van der Waals surface area contributed by atoms with Crippen molar-refractivity contribution in [2.75, 3.05) is 9.80 Å². The average molecular weight is 1340 g/mol. The van der Waals surface area contributed by atoms with Gasteiger partial charge in [-0.25, -0.2) is 0 Å². The lowest BCUT2D eigenvalue weighted by molar-refractivity contribution is 0.670. The summed E-state index contributed by atoms with van der Waals surface area (Å²) in [5.41, 5.74) is 26.1. The van der Waals surface area contributed by atoms with Crippen molar-refractivity contribution in [2.24, 2.45) is 0 Å². The molecule has 2 aliphatic rings. The molecule has 1 unspecified atom stereocenters. The minimum absolute atomic E-state index is 0.903. The Morgan fingerprint density at radius 2 is 0.657 bits per heavy atom. The van der Waals surface area contributed by atoms with Crippen LogP contribution in [0.4, 0.5) is 34.1 Å². The van der Waals surface area contributed by atoms with Gasteiger partial charge in [0.15, 0.2) is 0 Å². The van der Waals surface area contributed by atoms with E-state index < -0.39 is 16.1 Å². The number of benzene rings is 16. The van der Waals surface area contributed by atoms with E-state index in [1.165, 1.54) is 109 Å². The molecule has 4 heterocycles. The highest BCUT2D eigenvalue weighted by molar-refractivity contribution is 7.05. The van der Waals surface area contributed by atoms with Crippen molar-refractivity contribution in [3.8, 4) is 66.8 Å². The molecule has 0 spiro atoms. The summed E-state index contributed by atoms with van der Waals surface area (Å²) in [5, 5.41) is 15.1. The van der Waals surface area contributed by atoms with E-state index >= 15 is 0 Å². The third kappa shape index (κ3) is 9.55. The summed E-state index contributed by atoms with van der Waals surface area (Å²) in [5.74, 6) is 0. The van der Waals surface area contributed by atoms with Gasteiger partial charge in [-0.2, -0.15) is 0 Å². The van der Waals surface area contributed by atoms with Crippen LogP contribution in [-0.2, 0) is 6.04 Å². The Balaban J connectivity index is 0.693. The molecule has 0 aliphatic carbocycles. The van der Waals surface area contributed by atoms with Crippen molar-refractivity contribution < 1.29 is 8.83 Å². The van der Waals surface area contributed by atoms with Gasteiger partial charge in [0.2, 0.25) is 0 Å². The fraction of sp³-hybridized carbons (Fsp3) is 0.0417. The Morgan fingerprint density at radius 3 is 1.26 bits per heavy atom. The van der Waals surface area contributed by atoms with Crippen molar-refractivity contribution in [2.45, 2.75) is 25.7 Å². The molecule has 6 heteroatoms. The molecule has 16 aromatic carbocycles. The molecule has 0 fully saturated rings. The van der Waals surface area contributed by atoms with Crippen LogP contribution < -0.4 is 30.5 Å². The smallest absolute Gasteiger partial charge is 0.143 e. The Bertz CT molecular complexity index is 6390. The van der Waals surface area contributed by atoms with Crippen molar-refractivity contribution in [3.63, 3.8) is 0 Å². The highest BCUT2D eigenvalue weighted by atomic mass is 28.3. The Hall–Kier alpha value is -12.3. The quantitative estimate of drug-likeness (QED) is 0.114. The van der Waals surface area contributed by atoms with Gasteiger partial charge in [-0.15, -0.1) is 0 Å². The summed E-state index contributed by atoms with van der Waals surface area (Å²) < 4.78 is 14.1. The minimum Gasteiger partial charge on any atom is -0.455 e. The zero-order valence-electron chi connectivity index (χ0n) is 56.8. The number of fused-ring (bicyclic) bond motifs is 16. The van der Waals surface area contributed by atoms with Crippen molar-refractivity contribution in [1.82, 2.24) is 0 Å². The summed E-state index contributed by atoms with van der Waals surface area (Å²) in [4.78, 5) is 4.97. The summed E-state index contributed by atoms with van der Waals surface area (Å²) in [6, 6.07) is 129. The fourth-order valence-corrected chi connectivity index (χ4v) is 24.5. The summed E-state index contributed by atoms with van der Waals surface area (Å²) >= 11 is 0. The van der Waals surface area contributed by atoms with Crippen LogP contribution >= 0.6 is 0 Å². The van der Waals surface area contributed by atoms with Crippen LogP contribution in [-0.4, -0.2) is 16.1 Å². The molecule has 2 aliphatic heterocycles. The number of hydrogen-bond donors (Lipinski definition) is 0. The number of anilines is 6. The van der Waals surface area contributed by atoms with Crippen LogP contribution in [0.25, 0.3) is 132 Å². The van der Waals surface area contributed by atoms with E-state index in [1.807, 2.05) is 0 Å². The molecule has 0 N–H and O–H groups in total. The maximum Gasteiger partial charge on any atom is 0.143 e. The molecule has 0 saturated carbocycles. The van der Waals surface area contributed by atoms with E-state index in [9.17, 15) is 0 Å². The van der Waals surface area contributed by atoms with Crippen LogP contribution in [0.3, 0.4) is 0 Å². The van der Waals surface area contributed by atoms with Crippen molar-refractivity contribution in [3.05, 3.63) is 351 Å². The molecule has 0 saturated heterocycles. The number of rotatable bonds is 12. The van der Waals surface area contributed by atoms with Crippen molar-refractivity contribution in [1.29, 1.82) is 0 Å². The molecule has 0 radical (unpaired) electrons. The van der Waals surface area contributed by atoms with Gasteiger partial charge in [0.25, 0.3) is 0 Å². The standard InChI is InChI=1S/C96H68N2O2Si2/c1-101(2)87-33-17-29-83(91(87)93-88(101)55-53-81-79-27-12-14-31-85(79)99-95(81)93)98(78-26-16-25-71(60-78)64-21-8-5-9-22-64)77-51-45-68(46-52-77)73-40-38-69-36-35-62(57-74(69)59-73)61-102(3)89-34-18-30-84(92(89)94-90(102)56-54-82-80-28-13-15-32-86(80)100-96(82)94)97(75-47-41-66(42-48-75)63-19-6-4-7-20-63)76-49-43-67(44-50-76)72-39-37-65-23-10-11-24-70(65)58-72/h4-60H,61H2,1-3H3. The van der Waals surface area contributed by atoms with Crippen LogP contribution in [0, 0.1) is 0 Å². The Morgan fingerprint density at radius 1 is 0.255 bits per heavy atom. The molecule has 2 aromatic heterocycles. The van der Waals surface area contributed by atoms with E-state index in [2.05, 4.69) is 375 Å². The second kappa shape index (κ2) is 23.4. The number of furan rings is 2. The molecule has 0 bridgehead atoms. The lowest BCUT2D eigenvalue weighted by Gasteiger charge is -2.29. The van der Waals surface area contributed by atoms with E-state index in [1.54, 1.807) is 0 Å². The molecule has 102 heavy (non-hydrogen) atoms. The van der Waals surface area contributed by atoms with E-state index in [0.29, 0.717) is 0 Å². The van der Waals surface area contributed by atoms with Gasteiger partial charge >= 0.3 is 0 Å². The van der Waals surface area contributed by atoms with Gasteiger partial charge in [0.05, 0.1) is 11.4 Å². The van der Waals surface area contributed by atoms with Gasteiger partial charge in [-0.3, -0.25) is 0 Å². The van der Waals surface area contributed by atoms with E-state index in [0.717, 1.165) is 89.6 Å². The first-order valence-electron chi connectivity index (χ1n) is 35.5. The lowest BCUT2D eigenvalue weighted by atomic mass is 9.98. The molecule has 1 atom stereocenters. The van der Waals surface area contributed by atoms with Crippen molar-refractivity contribution >= 4 is 136 Å². The minimum atomic E-state index is -2.65. The molecule has 482 valence electrons. The molecule has 0 amide bonds. The van der Waals surface area contributed by atoms with Gasteiger partial charge in [-0.05, 0) is 183 Å². The topological polar surface area (TPSA) is 32.8 Å². The molecular weight excluding hydrogens is 1270 g/mol. The second-order valence-electron chi connectivity index (χ2n) is 28.5. The highest BCUT2D eigenvalue weighted by Gasteiger charge is 2.46. The Kier molecular flexibility index (Phi) is 13.7. The average Bonchev–Trinajstić information content (AvgIpc) is 1.57. The second-order valence-corrected chi connectivity index (χ2v) is 36.9. The predicted octanol–water partition coefficient (Wildman–Crippen LogP) is 24.2. The first-order valence-corrected chi connectivity index (χ1v) is 41.2. The monoisotopic (exact) mass is 1340 g/mol. The number of hydrogen-bond acceptors (Lipinski definition) is 4. The van der Waals surface area contributed by atoms with Gasteiger partial charge in [0.1, 0.15) is 38.5 Å². The zero-order valence-corrected chi connectivity index (χ0v) is 58.8. The van der Waals surface area contributed by atoms with E-state index in [-0.39, 0.29) is 0 Å². The third-order valence-electron chi connectivity index (χ3n) is 22.3. The first-order chi connectivity index (χ1) is 50.2. The van der Waals surface area contributed by atoms with Gasteiger partial charge in [-0.1, -0.05) is 280 Å². The summed E-state index contributed by atoms with van der Waals surface area (Å²) in [7, 11) is -4.83. The number of para-hydroxylation sites is 2. The predicted molar refractivity (Wildman–Crippen MR) is 436 cm³/mol. The van der Waals surface area contributed by atoms with Crippen LogP contribution in [0.15, 0.2) is 355 Å². The van der Waals surface area contributed by atoms with Crippen LogP contribution in [0.5, 0.6) is 0 Å². The van der Waals surface area contributed by atoms with Gasteiger partial charge < -0.3 is 18.6 Å². The summed E-state index contributed by atoms with van der Waals surface area (Å²) in [6.07, 6.45) is 0. The van der Waals surface area contributed by atoms with Crippen LogP contribution in [0.1, 0.15) is 5.56 Å². The Labute approximate surface area is 594 Å². The lowest BCUT2D eigenvalue weighted by Crippen LogP contribution is -2.54. The maximum absolute atomic E-state index is 7.16. The first kappa shape index (κ1) is 59.7. The van der Waals surface area contributed by atoms with Crippen LogP contribution in [0.2, 0.25) is 19.6 Å². The molecular formula is C96H68N2O2Si2. The molecule has 18 aromatic rings. The molecule has 20 rings (SSSR count). The highest BCUT2D eigenvalue weighted by Crippen LogP contribution is 2.50. The van der Waals surface area contributed by atoms with Gasteiger partial charge in [0, 0.05) is 66.5 Å². The molecule has 4 nitrogen and oxygen atoms in total. The normalized spacial score (nSPS) is 14.2. The SMILES string of the molecule is C[Si]1(C)c2cccc(N(c3ccc(-c4ccc5ccc(C[Si]6(C)c7cccc(N(c8ccc(-c9ccccc9)cc8)c8ccc(-c9ccc%10ccccc%10c9)cc8)c7-c7c6ccc6c7oc7ccccc76)cc5c4)cc3)c3cccc(-c4ccccc4)c3)c2-c2c1ccc1c2oc2ccccc21. The zero-order chi connectivity index (χ0) is 67.8. The van der Waals surface area contributed by atoms with E-state index in [4.69, 9.17) is 8.83 Å². The maximum atomic E-state index is 7.16.